The van der Waals surface area contributed by atoms with Crippen LogP contribution in [0.15, 0.2) is 60.7 Å². The lowest BCUT2D eigenvalue weighted by Gasteiger charge is -2.45. The lowest BCUT2D eigenvalue weighted by molar-refractivity contribution is -0.310. The monoisotopic (exact) mass is 412 g/mol. The summed E-state index contributed by atoms with van der Waals surface area (Å²) in [6.07, 6.45) is 3.44. The van der Waals surface area contributed by atoms with Gasteiger partial charge in [-0.05, 0) is 24.0 Å². The Morgan fingerprint density at radius 1 is 0.724 bits per heavy atom. The Labute approximate surface area is 177 Å². The van der Waals surface area contributed by atoms with Crippen LogP contribution < -0.4 is 10.2 Å². The number of carboxylic acid groups (broad SMARTS) is 2. The van der Waals surface area contributed by atoms with Gasteiger partial charge in [0.05, 0.1) is 21.4 Å². The summed E-state index contributed by atoms with van der Waals surface area (Å²) in [6.45, 7) is 3.96. The summed E-state index contributed by atoms with van der Waals surface area (Å²) in [7, 11) is 0. The largest absolute Gasteiger partial charge is 0.548 e. The number of unbranched alkanes of at least 4 members (excludes halogenated alkanes) is 2. The topological polar surface area (TPSA) is 80.3 Å². The Balaban J connectivity index is 2.69. The predicted molar refractivity (Wildman–Crippen MR) is 113 cm³/mol. The summed E-state index contributed by atoms with van der Waals surface area (Å²) < 4.78 is -2.97. The highest BCUT2D eigenvalue weighted by Crippen LogP contribution is 2.53. The molecule has 4 nitrogen and oxygen atoms in total. The van der Waals surface area contributed by atoms with Crippen molar-refractivity contribution in [3.63, 3.8) is 0 Å². The Hall–Kier alpha value is -2.27. The van der Waals surface area contributed by atoms with E-state index in [0.717, 1.165) is 24.6 Å². The van der Waals surface area contributed by atoms with Gasteiger partial charge >= 0.3 is 0 Å². The molecule has 0 bridgehead atoms. The minimum atomic E-state index is -1.49. The van der Waals surface area contributed by atoms with Gasteiger partial charge in [-0.2, -0.15) is 0 Å². The van der Waals surface area contributed by atoms with Crippen molar-refractivity contribution in [3.8, 4) is 0 Å². The van der Waals surface area contributed by atoms with Crippen LogP contribution in [0, 0.1) is 0 Å². The van der Waals surface area contributed by atoms with E-state index in [9.17, 15) is 19.8 Å². The van der Waals surface area contributed by atoms with Crippen molar-refractivity contribution in [2.24, 2.45) is 0 Å². The first-order valence-corrected chi connectivity index (χ1v) is 11.0. The Kier molecular flexibility index (Phi) is 8.32. The van der Waals surface area contributed by atoms with Crippen molar-refractivity contribution in [1.82, 2.24) is 0 Å². The standard InChI is InChI=1S/C24H30O4S/c1-3-5-17-23(21(25)26,19-13-9-7-10-14-19)29-24(22(27)28,18-6-4-2)20-15-11-8-12-16-20/h7-16H,3-6,17-18H2,1-2H3,(H,25,26)(H,27,28)/p-2. The van der Waals surface area contributed by atoms with Crippen molar-refractivity contribution >= 4 is 23.7 Å². The number of benzene rings is 2. The molecule has 0 saturated carbocycles. The maximum absolute atomic E-state index is 12.6. The number of carbonyl (C=O) groups is 2. The molecule has 2 unspecified atom stereocenters. The molecule has 2 aromatic carbocycles. The lowest BCUT2D eigenvalue weighted by atomic mass is 9.91. The van der Waals surface area contributed by atoms with E-state index in [2.05, 4.69) is 0 Å². The zero-order chi connectivity index (χ0) is 21.3. The molecule has 0 fully saturated rings. The molecule has 5 heteroatoms. The van der Waals surface area contributed by atoms with Gasteiger partial charge in [0.25, 0.3) is 0 Å². The van der Waals surface area contributed by atoms with Gasteiger partial charge in [-0.1, -0.05) is 100 Å². The first kappa shape index (κ1) is 23.0. The predicted octanol–water partition coefficient (Wildman–Crippen LogP) is 3.39. The molecule has 0 amide bonds. The van der Waals surface area contributed by atoms with Crippen LogP contribution in [0.1, 0.15) is 63.5 Å². The van der Waals surface area contributed by atoms with E-state index >= 15 is 0 Å². The van der Waals surface area contributed by atoms with Gasteiger partial charge in [-0.15, -0.1) is 11.8 Å². The Morgan fingerprint density at radius 2 is 1.07 bits per heavy atom. The van der Waals surface area contributed by atoms with Gasteiger partial charge < -0.3 is 19.8 Å². The second-order valence-electron chi connectivity index (χ2n) is 7.27. The van der Waals surface area contributed by atoms with Crippen LogP contribution in [0.4, 0.5) is 0 Å². The first-order chi connectivity index (χ1) is 13.9. The number of rotatable bonds is 12. The second kappa shape index (κ2) is 10.5. The van der Waals surface area contributed by atoms with Gasteiger partial charge in [0.1, 0.15) is 0 Å². The third-order valence-corrected chi connectivity index (χ3v) is 7.16. The normalized spacial score (nSPS) is 15.2. The quantitative estimate of drug-likeness (QED) is 0.534. The highest BCUT2D eigenvalue weighted by atomic mass is 32.2. The van der Waals surface area contributed by atoms with Crippen molar-refractivity contribution in [2.45, 2.75) is 61.9 Å². The SMILES string of the molecule is CCCCC(SC(CCCC)(C(=O)[O-])c1ccccc1)(C(=O)[O-])c1ccccc1. The van der Waals surface area contributed by atoms with Crippen LogP contribution in [-0.2, 0) is 19.1 Å². The second-order valence-corrected chi connectivity index (χ2v) is 8.87. The molecule has 0 aliphatic rings. The molecular weight excluding hydrogens is 384 g/mol. The van der Waals surface area contributed by atoms with Crippen molar-refractivity contribution in [3.05, 3.63) is 71.8 Å². The molecule has 0 aliphatic heterocycles. The molecule has 0 saturated heterocycles. The van der Waals surface area contributed by atoms with Gasteiger partial charge in [0.15, 0.2) is 0 Å². The van der Waals surface area contributed by atoms with E-state index in [-0.39, 0.29) is 12.8 Å². The summed E-state index contributed by atoms with van der Waals surface area (Å²) >= 11 is 0.963. The molecule has 2 aromatic rings. The smallest absolute Gasteiger partial charge is 0.0814 e. The van der Waals surface area contributed by atoms with Gasteiger partial charge in [0, 0.05) is 0 Å². The van der Waals surface area contributed by atoms with Crippen molar-refractivity contribution < 1.29 is 19.8 Å². The number of hydrogen-bond acceptors (Lipinski definition) is 5. The maximum atomic E-state index is 12.6. The van der Waals surface area contributed by atoms with E-state index in [1.165, 1.54) is 0 Å². The zero-order valence-electron chi connectivity index (χ0n) is 17.1. The maximum Gasteiger partial charge on any atom is 0.0814 e. The lowest BCUT2D eigenvalue weighted by Crippen LogP contribution is -2.51. The zero-order valence-corrected chi connectivity index (χ0v) is 17.9. The van der Waals surface area contributed by atoms with Crippen LogP contribution in [-0.4, -0.2) is 11.9 Å². The molecule has 0 N–H and O–H groups in total. The molecule has 2 rings (SSSR count). The Morgan fingerprint density at radius 3 is 1.34 bits per heavy atom. The highest BCUT2D eigenvalue weighted by Gasteiger charge is 2.45. The molecule has 29 heavy (non-hydrogen) atoms. The molecular formula is C24H28O4S-2. The third kappa shape index (κ3) is 5.02. The van der Waals surface area contributed by atoms with Crippen LogP contribution in [0.25, 0.3) is 0 Å². The summed E-state index contributed by atoms with van der Waals surface area (Å²) in [6, 6.07) is 17.7. The summed E-state index contributed by atoms with van der Waals surface area (Å²) in [5, 5.41) is 25.2. The van der Waals surface area contributed by atoms with Gasteiger partial charge in [-0.3, -0.25) is 0 Å². The fourth-order valence-corrected chi connectivity index (χ4v) is 5.36. The van der Waals surface area contributed by atoms with Gasteiger partial charge in [0.2, 0.25) is 0 Å². The highest BCUT2D eigenvalue weighted by molar-refractivity contribution is 8.02. The summed E-state index contributed by atoms with van der Waals surface area (Å²) in [5.74, 6) is -2.53. The fraction of sp³-hybridized carbons (Fsp3) is 0.417. The summed E-state index contributed by atoms with van der Waals surface area (Å²) in [4.78, 5) is 25.2. The van der Waals surface area contributed by atoms with Crippen LogP contribution in [0.5, 0.6) is 0 Å². The van der Waals surface area contributed by atoms with E-state index < -0.39 is 21.4 Å². The summed E-state index contributed by atoms with van der Waals surface area (Å²) in [5.41, 5.74) is 1.10. The minimum absolute atomic E-state index is 0.286. The Bertz CT molecular complexity index is 726. The van der Waals surface area contributed by atoms with Crippen LogP contribution in [0.2, 0.25) is 0 Å². The third-order valence-electron chi connectivity index (χ3n) is 5.25. The minimum Gasteiger partial charge on any atom is -0.548 e. The number of carboxylic acids is 2. The van der Waals surface area contributed by atoms with E-state index in [1.54, 1.807) is 48.5 Å². The molecule has 0 radical (unpaired) electrons. The number of hydrogen-bond donors (Lipinski definition) is 0. The fourth-order valence-electron chi connectivity index (χ4n) is 3.60. The van der Waals surface area contributed by atoms with Crippen molar-refractivity contribution in [1.29, 1.82) is 0 Å². The molecule has 2 atom stereocenters. The van der Waals surface area contributed by atoms with Gasteiger partial charge in [-0.25, -0.2) is 0 Å². The van der Waals surface area contributed by atoms with Crippen LogP contribution in [0.3, 0.4) is 0 Å². The average molecular weight is 413 g/mol. The average Bonchev–Trinajstić information content (AvgIpc) is 2.74. The van der Waals surface area contributed by atoms with E-state index in [1.807, 2.05) is 26.0 Å². The molecule has 156 valence electrons. The number of thioether (sulfide) groups is 1. The molecule has 0 aromatic heterocycles. The van der Waals surface area contributed by atoms with E-state index in [0.29, 0.717) is 24.0 Å². The number of aliphatic carboxylic acids is 2. The van der Waals surface area contributed by atoms with Crippen LogP contribution >= 0.6 is 11.8 Å². The van der Waals surface area contributed by atoms with Crippen molar-refractivity contribution in [2.75, 3.05) is 0 Å². The molecule has 0 heterocycles. The molecule has 0 aliphatic carbocycles. The first-order valence-electron chi connectivity index (χ1n) is 10.2. The van der Waals surface area contributed by atoms with E-state index in [4.69, 9.17) is 0 Å². The number of carbonyl (C=O) groups excluding carboxylic acids is 2. The molecule has 0 spiro atoms.